The number of hydrogen-bond donors (Lipinski definition) is 0. The molecule has 0 N–H and O–H groups in total. The summed E-state index contributed by atoms with van der Waals surface area (Å²) in [5.74, 6) is 0.144. The van der Waals surface area contributed by atoms with E-state index in [1.54, 1.807) is 31.2 Å². The van der Waals surface area contributed by atoms with Crippen molar-refractivity contribution in [2.24, 2.45) is 0 Å². The molecule has 0 amide bonds. The molecule has 2 aromatic heterocycles. The summed E-state index contributed by atoms with van der Waals surface area (Å²) in [5, 5.41) is 1.17. The lowest BCUT2D eigenvalue weighted by Gasteiger charge is -2.12. The van der Waals surface area contributed by atoms with Crippen molar-refractivity contribution in [2.45, 2.75) is 13.5 Å². The molecule has 0 bridgehead atoms. The summed E-state index contributed by atoms with van der Waals surface area (Å²) in [5.41, 5.74) is 0.874. The molecule has 4 aromatic rings. The molecule has 4 rings (SSSR count). The Hall–Kier alpha value is -3.25. The van der Waals surface area contributed by atoms with Gasteiger partial charge in [0.2, 0.25) is 0 Å². The Morgan fingerprint density at radius 1 is 1.11 bits per heavy atom. The molecule has 6 heteroatoms. The van der Waals surface area contributed by atoms with Gasteiger partial charge in [-0.05, 0) is 13.0 Å². The number of aromatic nitrogens is 1. The topological polar surface area (TPSA) is 65.4 Å². The van der Waals surface area contributed by atoms with Gasteiger partial charge in [0.05, 0.1) is 23.4 Å². The van der Waals surface area contributed by atoms with Crippen molar-refractivity contribution >= 4 is 44.4 Å². The van der Waals surface area contributed by atoms with Crippen LogP contribution in [0.15, 0.2) is 59.4 Å². The van der Waals surface area contributed by atoms with Crippen LogP contribution >= 0.6 is 11.3 Å². The first kappa shape index (κ1) is 18.1. The molecule has 0 saturated heterocycles. The molecule has 5 nitrogen and oxygen atoms in total. The second kappa shape index (κ2) is 7.40. The maximum Gasteiger partial charge on any atom is 0.264 e. The number of benzene rings is 2. The van der Waals surface area contributed by atoms with Crippen LogP contribution in [0.2, 0.25) is 0 Å². The fourth-order valence-electron chi connectivity index (χ4n) is 3.34. The first-order chi connectivity index (χ1) is 13.7. The van der Waals surface area contributed by atoms with Crippen LogP contribution in [0.4, 0.5) is 0 Å². The van der Waals surface area contributed by atoms with Crippen LogP contribution in [0.25, 0.3) is 21.0 Å². The Kier molecular flexibility index (Phi) is 4.79. The maximum atomic E-state index is 13.4. The number of thiophene rings is 1. The highest BCUT2D eigenvalue weighted by molar-refractivity contribution is 7.22. The average Bonchev–Trinajstić information content (AvgIpc) is 3.11. The van der Waals surface area contributed by atoms with E-state index in [0.717, 1.165) is 5.39 Å². The van der Waals surface area contributed by atoms with Gasteiger partial charge in [-0.25, -0.2) is 0 Å². The molecule has 0 aliphatic rings. The lowest BCUT2D eigenvalue weighted by atomic mass is 10.1. The van der Waals surface area contributed by atoms with Crippen LogP contribution in [0.3, 0.4) is 0 Å². The summed E-state index contributed by atoms with van der Waals surface area (Å²) in [6, 6.07) is 16.3. The van der Waals surface area contributed by atoms with E-state index in [9.17, 15) is 14.4 Å². The Balaban J connectivity index is 2.00. The number of fused-ring (bicyclic) bond motifs is 3. The third-order valence-corrected chi connectivity index (χ3v) is 5.71. The van der Waals surface area contributed by atoms with Crippen molar-refractivity contribution < 1.29 is 14.3 Å². The number of ether oxygens (including phenoxy) is 1. The second-order valence-electron chi connectivity index (χ2n) is 6.25. The predicted molar refractivity (Wildman–Crippen MR) is 111 cm³/mol. The quantitative estimate of drug-likeness (QED) is 0.363. The van der Waals surface area contributed by atoms with E-state index in [2.05, 4.69) is 0 Å². The van der Waals surface area contributed by atoms with Crippen molar-refractivity contribution in [1.29, 1.82) is 0 Å². The van der Waals surface area contributed by atoms with Gasteiger partial charge in [-0.1, -0.05) is 48.5 Å². The number of carbonyl (C=O) groups is 2. The molecule has 0 spiro atoms. The molecular weight excluding hydrogens is 374 g/mol. The van der Waals surface area contributed by atoms with Gasteiger partial charge < -0.3 is 4.74 Å². The average molecular weight is 391 g/mol. The van der Waals surface area contributed by atoms with E-state index >= 15 is 0 Å². The number of nitrogens with zero attached hydrogens (tertiary/aromatic N) is 1. The largest absolute Gasteiger partial charge is 0.491 e. The van der Waals surface area contributed by atoms with Crippen LogP contribution in [0, 0.1) is 0 Å². The minimum Gasteiger partial charge on any atom is -0.491 e. The third kappa shape index (κ3) is 2.92. The van der Waals surface area contributed by atoms with Gasteiger partial charge in [-0.2, -0.15) is 0 Å². The number of para-hydroxylation sites is 1. The molecule has 2 heterocycles. The van der Waals surface area contributed by atoms with Crippen molar-refractivity contribution in [3.63, 3.8) is 0 Å². The first-order valence-electron chi connectivity index (χ1n) is 8.90. The van der Waals surface area contributed by atoms with Gasteiger partial charge in [0.15, 0.2) is 17.8 Å². The van der Waals surface area contributed by atoms with Crippen LogP contribution in [-0.2, 0) is 6.54 Å². The van der Waals surface area contributed by atoms with E-state index in [4.69, 9.17) is 4.74 Å². The minimum atomic E-state index is -0.328. The molecule has 0 fully saturated rings. The number of Topliss-reactive ketones (excluding diaryl/α,β-unsaturated/α-hetero) is 1. The van der Waals surface area contributed by atoms with Gasteiger partial charge >= 0.3 is 0 Å². The molecule has 2 aromatic carbocycles. The van der Waals surface area contributed by atoms with Gasteiger partial charge in [-0.15, -0.1) is 11.3 Å². The Morgan fingerprint density at radius 3 is 2.54 bits per heavy atom. The lowest BCUT2D eigenvalue weighted by molar-refractivity contribution is 0.0972. The van der Waals surface area contributed by atoms with Crippen molar-refractivity contribution in [2.75, 3.05) is 6.61 Å². The number of aldehydes is 1. The monoisotopic (exact) mass is 391 g/mol. The van der Waals surface area contributed by atoms with E-state index < -0.39 is 0 Å². The molecule has 0 aliphatic heterocycles. The molecule has 28 heavy (non-hydrogen) atoms. The zero-order valence-electron chi connectivity index (χ0n) is 15.2. The SMILES string of the molecule is CCOc1c(C=O)sc2c1c(=O)n(CC(=O)c1ccccc1)c1ccccc21. The van der Waals surface area contributed by atoms with Crippen LogP contribution in [-0.4, -0.2) is 23.2 Å². The minimum absolute atomic E-state index is 0.0862. The van der Waals surface area contributed by atoms with Gasteiger partial charge in [0.25, 0.3) is 5.56 Å². The summed E-state index contributed by atoms with van der Waals surface area (Å²) in [6.45, 7) is 2.05. The second-order valence-corrected chi connectivity index (χ2v) is 7.30. The smallest absolute Gasteiger partial charge is 0.264 e. The predicted octanol–water partition coefficient (Wildman–Crippen LogP) is 4.31. The molecule has 0 aliphatic carbocycles. The fourth-order valence-corrected chi connectivity index (χ4v) is 4.43. The van der Waals surface area contributed by atoms with Crippen molar-refractivity contribution in [1.82, 2.24) is 4.57 Å². The Bertz CT molecular complexity index is 1250. The summed E-state index contributed by atoms with van der Waals surface area (Å²) < 4.78 is 7.81. The number of carbonyl (C=O) groups excluding carboxylic acids is 2. The van der Waals surface area contributed by atoms with E-state index in [1.807, 2.05) is 30.3 Å². The zero-order valence-corrected chi connectivity index (χ0v) is 16.0. The van der Waals surface area contributed by atoms with Crippen molar-refractivity contribution in [3.8, 4) is 5.75 Å². The van der Waals surface area contributed by atoms with Crippen LogP contribution in [0.5, 0.6) is 5.75 Å². The van der Waals surface area contributed by atoms with E-state index in [1.165, 1.54) is 15.9 Å². The lowest BCUT2D eigenvalue weighted by Crippen LogP contribution is -2.25. The fraction of sp³-hybridized carbons (Fsp3) is 0.136. The molecule has 0 radical (unpaired) electrons. The molecule has 0 atom stereocenters. The highest BCUT2D eigenvalue weighted by Crippen LogP contribution is 2.38. The summed E-state index contributed by atoms with van der Waals surface area (Å²) in [4.78, 5) is 38.0. The Morgan fingerprint density at radius 2 is 1.82 bits per heavy atom. The van der Waals surface area contributed by atoms with Crippen LogP contribution in [0.1, 0.15) is 27.0 Å². The summed E-state index contributed by atoms with van der Waals surface area (Å²) in [6.07, 6.45) is 0.712. The van der Waals surface area contributed by atoms with Crippen LogP contribution < -0.4 is 10.3 Å². The number of pyridine rings is 1. The van der Waals surface area contributed by atoms with Gasteiger partial charge in [0, 0.05) is 10.9 Å². The number of hydrogen-bond acceptors (Lipinski definition) is 5. The summed E-state index contributed by atoms with van der Waals surface area (Å²) in [7, 11) is 0. The molecule has 0 unspecified atom stereocenters. The van der Waals surface area contributed by atoms with E-state index in [0.29, 0.717) is 44.7 Å². The van der Waals surface area contributed by atoms with Crippen molar-refractivity contribution in [3.05, 3.63) is 75.4 Å². The number of ketones is 1. The first-order valence-corrected chi connectivity index (χ1v) is 9.71. The van der Waals surface area contributed by atoms with Gasteiger partial charge in [-0.3, -0.25) is 19.0 Å². The Labute approximate surface area is 164 Å². The highest BCUT2D eigenvalue weighted by atomic mass is 32.1. The molecule has 140 valence electrons. The summed E-state index contributed by atoms with van der Waals surface area (Å²) >= 11 is 1.24. The third-order valence-electron chi connectivity index (χ3n) is 4.58. The molecule has 0 saturated carbocycles. The zero-order chi connectivity index (χ0) is 19.7. The molecular formula is C22H17NO4S. The van der Waals surface area contributed by atoms with E-state index in [-0.39, 0.29) is 17.9 Å². The maximum absolute atomic E-state index is 13.4. The standard InChI is InChI=1S/C22H17NO4S/c1-2-27-20-18(13-24)28-21-15-10-6-7-11-16(15)23(22(26)19(20)21)12-17(25)14-8-4-3-5-9-14/h3-11,13H,2,12H2,1H3. The number of rotatable bonds is 6. The highest BCUT2D eigenvalue weighted by Gasteiger charge is 2.22. The normalized spacial score (nSPS) is 11.0. The van der Waals surface area contributed by atoms with Gasteiger partial charge in [0.1, 0.15) is 10.3 Å².